The van der Waals surface area contributed by atoms with Crippen LogP contribution in [0.2, 0.25) is 0 Å². The molecule has 2 nitrogen and oxygen atoms in total. The number of hydrogen-bond acceptors (Lipinski definition) is 2. The number of benzene rings is 1. The Bertz CT molecular complexity index is 463. The summed E-state index contributed by atoms with van der Waals surface area (Å²) in [4.78, 5) is 6.68. The molecule has 0 aliphatic heterocycles. The van der Waals surface area contributed by atoms with Crippen LogP contribution >= 0.6 is 0 Å². The summed E-state index contributed by atoms with van der Waals surface area (Å²) in [5.41, 5.74) is 2.42. The number of aromatic nitrogens is 1. The second-order valence-corrected chi connectivity index (χ2v) is 4.44. The van der Waals surface area contributed by atoms with Gasteiger partial charge in [-0.05, 0) is 51.2 Å². The van der Waals surface area contributed by atoms with Crippen LogP contribution in [0.4, 0.5) is 0 Å². The fourth-order valence-corrected chi connectivity index (χ4v) is 1.85. The maximum Gasteiger partial charge on any atom is 0.0702 e. The van der Waals surface area contributed by atoms with E-state index >= 15 is 0 Å². The fourth-order valence-electron chi connectivity index (χ4n) is 1.85. The Morgan fingerprint density at radius 3 is 2.81 bits per heavy atom. The van der Waals surface area contributed by atoms with E-state index in [1.165, 1.54) is 17.4 Å². The summed E-state index contributed by atoms with van der Waals surface area (Å²) in [6.45, 7) is 1.13. The van der Waals surface area contributed by atoms with Gasteiger partial charge in [-0.2, -0.15) is 0 Å². The smallest absolute Gasteiger partial charge is 0.0702 e. The molecule has 84 valence electrons. The lowest BCUT2D eigenvalue weighted by Crippen LogP contribution is -2.13. The van der Waals surface area contributed by atoms with E-state index in [1.807, 2.05) is 12.3 Å². The summed E-state index contributed by atoms with van der Waals surface area (Å²) in [7, 11) is 4.22. The Kier molecular flexibility index (Phi) is 3.52. The Balaban J connectivity index is 2.08. The maximum absolute atomic E-state index is 4.47. The van der Waals surface area contributed by atoms with Gasteiger partial charge in [0, 0.05) is 11.6 Å². The van der Waals surface area contributed by atoms with E-state index in [2.05, 4.69) is 48.2 Å². The van der Waals surface area contributed by atoms with Crippen LogP contribution < -0.4 is 0 Å². The Morgan fingerprint density at radius 1 is 1.19 bits per heavy atom. The monoisotopic (exact) mass is 214 g/mol. The summed E-state index contributed by atoms with van der Waals surface area (Å²) >= 11 is 0. The van der Waals surface area contributed by atoms with Crippen molar-refractivity contribution in [3.63, 3.8) is 0 Å². The molecule has 16 heavy (non-hydrogen) atoms. The molecule has 1 aromatic carbocycles. The Hall–Kier alpha value is -1.41. The van der Waals surface area contributed by atoms with Crippen LogP contribution in [0.3, 0.4) is 0 Å². The lowest BCUT2D eigenvalue weighted by Gasteiger charge is -2.09. The minimum Gasteiger partial charge on any atom is -0.309 e. The molecule has 0 amide bonds. The predicted octanol–water partition coefficient (Wildman–Crippen LogP) is 2.73. The molecule has 1 aromatic heterocycles. The zero-order valence-electron chi connectivity index (χ0n) is 9.98. The molecule has 0 bridgehead atoms. The Morgan fingerprint density at radius 2 is 2.00 bits per heavy atom. The lowest BCUT2D eigenvalue weighted by atomic mass is 10.1. The van der Waals surface area contributed by atoms with E-state index in [9.17, 15) is 0 Å². The zero-order chi connectivity index (χ0) is 11.4. The molecule has 2 aromatic rings. The highest BCUT2D eigenvalue weighted by molar-refractivity contribution is 5.78. The van der Waals surface area contributed by atoms with Gasteiger partial charge in [-0.25, -0.2) is 0 Å². The first-order chi connectivity index (χ1) is 7.75. The number of pyridine rings is 1. The van der Waals surface area contributed by atoms with Crippen molar-refractivity contribution in [1.29, 1.82) is 0 Å². The molecule has 0 aliphatic carbocycles. The van der Waals surface area contributed by atoms with Gasteiger partial charge in [0.25, 0.3) is 0 Å². The largest absolute Gasteiger partial charge is 0.309 e. The van der Waals surface area contributed by atoms with Gasteiger partial charge < -0.3 is 4.90 Å². The van der Waals surface area contributed by atoms with Gasteiger partial charge in [0.05, 0.1) is 5.52 Å². The van der Waals surface area contributed by atoms with Crippen LogP contribution in [-0.4, -0.2) is 30.5 Å². The summed E-state index contributed by atoms with van der Waals surface area (Å²) in [6.07, 6.45) is 4.29. The molecular formula is C14H18N2. The standard InChI is InChI=1S/C14H18N2/c1-16(2)9-5-6-12-10-13-7-3-4-8-14(13)15-11-12/h3-4,7-8,10-11H,5-6,9H2,1-2H3. The molecule has 0 N–H and O–H groups in total. The first-order valence-corrected chi connectivity index (χ1v) is 5.74. The maximum atomic E-state index is 4.47. The average Bonchev–Trinajstić information content (AvgIpc) is 2.28. The van der Waals surface area contributed by atoms with Crippen molar-refractivity contribution < 1.29 is 0 Å². The van der Waals surface area contributed by atoms with Crippen molar-refractivity contribution in [2.45, 2.75) is 12.8 Å². The molecule has 0 atom stereocenters. The Labute approximate surface area is 96.9 Å². The minimum absolute atomic E-state index is 1.08. The molecule has 0 aliphatic rings. The van der Waals surface area contributed by atoms with Gasteiger partial charge in [-0.3, -0.25) is 4.98 Å². The topological polar surface area (TPSA) is 16.1 Å². The second kappa shape index (κ2) is 5.08. The summed E-state index contributed by atoms with van der Waals surface area (Å²) in [5.74, 6) is 0. The highest BCUT2D eigenvalue weighted by Crippen LogP contribution is 2.13. The molecule has 2 heteroatoms. The first-order valence-electron chi connectivity index (χ1n) is 5.74. The predicted molar refractivity (Wildman–Crippen MR) is 68.6 cm³/mol. The fraction of sp³-hybridized carbons (Fsp3) is 0.357. The van der Waals surface area contributed by atoms with E-state index in [-0.39, 0.29) is 0 Å². The van der Waals surface area contributed by atoms with E-state index in [4.69, 9.17) is 0 Å². The van der Waals surface area contributed by atoms with Crippen LogP contribution in [0.25, 0.3) is 10.9 Å². The van der Waals surface area contributed by atoms with Crippen molar-refractivity contribution in [2.75, 3.05) is 20.6 Å². The molecule has 2 rings (SSSR count). The molecular weight excluding hydrogens is 196 g/mol. The summed E-state index contributed by atoms with van der Waals surface area (Å²) in [5, 5.41) is 1.24. The van der Waals surface area contributed by atoms with Crippen LogP contribution in [-0.2, 0) is 6.42 Å². The molecule has 0 saturated carbocycles. The zero-order valence-corrected chi connectivity index (χ0v) is 9.98. The number of hydrogen-bond donors (Lipinski definition) is 0. The van der Waals surface area contributed by atoms with E-state index in [0.29, 0.717) is 0 Å². The normalized spacial score (nSPS) is 11.2. The quantitative estimate of drug-likeness (QED) is 0.778. The van der Waals surface area contributed by atoms with Crippen LogP contribution in [0.1, 0.15) is 12.0 Å². The number of aryl methyl sites for hydroxylation is 1. The molecule has 0 radical (unpaired) electrons. The third-order valence-corrected chi connectivity index (χ3v) is 2.72. The highest BCUT2D eigenvalue weighted by Gasteiger charge is 1.98. The van der Waals surface area contributed by atoms with Gasteiger partial charge in [-0.1, -0.05) is 18.2 Å². The second-order valence-electron chi connectivity index (χ2n) is 4.44. The van der Waals surface area contributed by atoms with E-state index < -0.39 is 0 Å². The van der Waals surface area contributed by atoms with Gasteiger partial charge in [0.15, 0.2) is 0 Å². The minimum atomic E-state index is 1.08. The highest BCUT2D eigenvalue weighted by atomic mass is 15.0. The number of rotatable bonds is 4. The van der Waals surface area contributed by atoms with Crippen LogP contribution in [0, 0.1) is 0 Å². The average molecular weight is 214 g/mol. The lowest BCUT2D eigenvalue weighted by molar-refractivity contribution is 0.400. The third-order valence-electron chi connectivity index (χ3n) is 2.72. The third kappa shape index (κ3) is 2.80. The number of para-hydroxylation sites is 1. The van der Waals surface area contributed by atoms with Crippen molar-refractivity contribution in [2.24, 2.45) is 0 Å². The number of fused-ring (bicyclic) bond motifs is 1. The van der Waals surface area contributed by atoms with Gasteiger partial charge in [0.2, 0.25) is 0 Å². The van der Waals surface area contributed by atoms with Gasteiger partial charge in [-0.15, -0.1) is 0 Å². The molecule has 0 spiro atoms. The molecule has 1 heterocycles. The van der Waals surface area contributed by atoms with Crippen LogP contribution in [0.15, 0.2) is 36.5 Å². The SMILES string of the molecule is CN(C)CCCc1cnc2ccccc2c1. The summed E-state index contributed by atoms with van der Waals surface area (Å²) < 4.78 is 0. The van der Waals surface area contributed by atoms with Gasteiger partial charge >= 0.3 is 0 Å². The molecule has 0 fully saturated rings. The number of nitrogens with zero attached hydrogens (tertiary/aromatic N) is 2. The van der Waals surface area contributed by atoms with Crippen molar-refractivity contribution in [1.82, 2.24) is 9.88 Å². The van der Waals surface area contributed by atoms with Crippen molar-refractivity contribution in [3.8, 4) is 0 Å². The molecule has 0 saturated heterocycles. The van der Waals surface area contributed by atoms with Gasteiger partial charge in [0.1, 0.15) is 0 Å². The van der Waals surface area contributed by atoms with Crippen LogP contribution in [0.5, 0.6) is 0 Å². The van der Waals surface area contributed by atoms with E-state index in [0.717, 1.165) is 18.5 Å². The first kappa shape index (κ1) is 11.1. The van der Waals surface area contributed by atoms with Crippen molar-refractivity contribution >= 4 is 10.9 Å². The van der Waals surface area contributed by atoms with Crippen molar-refractivity contribution in [3.05, 3.63) is 42.1 Å². The molecule has 0 unspecified atom stereocenters. The summed E-state index contributed by atoms with van der Waals surface area (Å²) in [6, 6.07) is 10.5. The van der Waals surface area contributed by atoms with E-state index in [1.54, 1.807) is 0 Å².